The smallest absolute Gasteiger partial charge is 0.258 e. The molecule has 0 radical (unpaired) electrons. The van der Waals surface area contributed by atoms with Gasteiger partial charge in [-0.2, -0.15) is 0 Å². The lowest BCUT2D eigenvalue weighted by Crippen LogP contribution is -2.29. The molecule has 4 heteroatoms. The lowest BCUT2D eigenvalue weighted by Gasteiger charge is -2.18. The first-order valence-electron chi connectivity index (χ1n) is 10.5. The molecule has 146 valence electrons. The highest BCUT2D eigenvalue weighted by molar-refractivity contribution is 6.07. The van der Waals surface area contributed by atoms with Crippen molar-refractivity contribution in [3.8, 4) is 0 Å². The van der Waals surface area contributed by atoms with E-state index in [1.165, 1.54) is 31.2 Å². The van der Waals surface area contributed by atoms with Crippen molar-refractivity contribution in [3.05, 3.63) is 65.2 Å². The first-order chi connectivity index (χ1) is 13.7. The molecular formula is C24H28N2O2. The van der Waals surface area contributed by atoms with E-state index >= 15 is 0 Å². The molecule has 0 aromatic heterocycles. The third-order valence-electron chi connectivity index (χ3n) is 6.06. The van der Waals surface area contributed by atoms with Gasteiger partial charge in [-0.15, -0.1) is 0 Å². The second kappa shape index (κ2) is 8.59. The van der Waals surface area contributed by atoms with Gasteiger partial charge in [-0.05, 0) is 48.1 Å². The number of nitrogens with zero attached hydrogens (tertiary/aromatic N) is 1. The monoisotopic (exact) mass is 376 g/mol. The predicted molar refractivity (Wildman–Crippen MR) is 111 cm³/mol. The van der Waals surface area contributed by atoms with Gasteiger partial charge in [0, 0.05) is 30.8 Å². The summed E-state index contributed by atoms with van der Waals surface area (Å²) in [5, 5.41) is 3.05. The van der Waals surface area contributed by atoms with E-state index in [0.29, 0.717) is 25.1 Å². The van der Waals surface area contributed by atoms with Gasteiger partial charge in [-0.25, -0.2) is 0 Å². The highest BCUT2D eigenvalue weighted by Gasteiger charge is 2.25. The molecule has 2 aromatic carbocycles. The third kappa shape index (κ3) is 4.27. The summed E-state index contributed by atoms with van der Waals surface area (Å²) in [5.74, 6) is 0.907. The first kappa shape index (κ1) is 18.7. The van der Waals surface area contributed by atoms with Crippen LogP contribution in [0, 0.1) is 5.92 Å². The summed E-state index contributed by atoms with van der Waals surface area (Å²) in [6.07, 6.45) is 7.71. The topological polar surface area (TPSA) is 49.4 Å². The molecule has 28 heavy (non-hydrogen) atoms. The Balaban J connectivity index is 1.36. The largest absolute Gasteiger partial charge is 0.352 e. The highest BCUT2D eigenvalue weighted by Crippen LogP contribution is 2.31. The molecular weight excluding hydrogens is 348 g/mol. The zero-order valence-electron chi connectivity index (χ0n) is 16.3. The SMILES string of the molecule is O=C(CCC1CCCC1)NCc1ccc2c(c1)N(C(=O)c1ccccc1)CC2. The van der Waals surface area contributed by atoms with Crippen molar-refractivity contribution in [1.82, 2.24) is 5.32 Å². The van der Waals surface area contributed by atoms with Crippen molar-refractivity contribution in [2.75, 3.05) is 11.4 Å². The van der Waals surface area contributed by atoms with Crippen LogP contribution in [0.3, 0.4) is 0 Å². The predicted octanol–water partition coefficient (Wildman–Crippen LogP) is 4.48. The van der Waals surface area contributed by atoms with Gasteiger partial charge in [0.05, 0.1) is 0 Å². The number of benzene rings is 2. The molecule has 1 aliphatic heterocycles. The average molecular weight is 377 g/mol. The number of nitrogens with one attached hydrogen (secondary N) is 1. The van der Waals surface area contributed by atoms with Crippen LogP contribution in [0.25, 0.3) is 0 Å². The van der Waals surface area contributed by atoms with Gasteiger partial charge in [0.1, 0.15) is 0 Å². The summed E-state index contributed by atoms with van der Waals surface area (Å²) in [7, 11) is 0. The molecule has 1 heterocycles. The maximum atomic E-state index is 12.9. The van der Waals surface area contributed by atoms with E-state index in [-0.39, 0.29) is 11.8 Å². The fourth-order valence-corrected chi connectivity index (χ4v) is 4.41. The molecule has 2 aliphatic rings. The van der Waals surface area contributed by atoms with Gasteiger partial charge in [-0.3, -0.25) is 9.59 Å². The summed E-state index contributed by atoms with van der Waals surface area (Å²) in [5.41, 5.74) is 3.92. The van der Waals surface area contributed by atoms with Crippen molar-refractivity contribution in [1.29, 1.82) is 0 Å². The van der Waals surface area contributed by atoms with E-state index in [1.54, 1.807) is 0 Å². The van der Waals surface area contributed by atoms with Crippen LogP contribution in [0.15, 0.2) is 48.5 Å². The van der Waals surface area contributed by atoms with Gasteiger partial charge in [0.25, 0.3) is 5.91 Å². The van der Waals surface area contributed by atoms with Crippen LogP contribution in [-0.2, 0) is 17.8 Å². The Morgan fingerprint density at radius 2 is 1.82 bits per heavy atom. The van der Waals surface area contributed by atoms with Gasteiger partial charge in [-0.1, -0.05) is 56.0 Å². The zero-order valence-corrected chi connectivity index (χ0v) is 16.3. The van der Waals surface area contributed by atoms with Crippen LogP contribution in [0.1, 0.15) is 60.0 Å². The van der Waals surface area contributed by atoms with Crippen LogP contribution in [0.5, 0.6) is 0 Å². The summed E-state index contributed by atoms with van der Waals surface area (Å²) < 4.78 is 0. The molecule has 2 amide bonds. The molecule has 2 aromatic rings. The number of hydrogen-bond acceptors (Lipinski definition) is 2. The quantitative estimate of drug-likeness (QED) is 0.808. The number of rotatable bonds is 6. The van der Waals surface area contributed by atoms with E-state index in [1.807, 2.05) is 35.2 Å². The van der Waals surface area contributed by atoms with Crippen LogP contribution in [0.2, 0.25) is 0 Å². The number of fused-ring (bicyclic) bond motifs is 1. The molecule has 1 fully saturated rings. The summed E-state index contributed by atoms with van der Waals surface area (Å²) in [6.45, 7) is 1.23. The van der Waals surface area contributed by atoms with E-state index in [4.69, 9.17) is 0 Å². The van der Waals surface area contributed by atoms with Crippen LogP contribution < -0.4 is 10.2 Å². The lowest BCUT2D eigenvalue weighted by atomic mass is 10.0. The Morgan fingerprint density at radius 3 is 2.61 bits per heavy atom. The van der Waals surface area contributed by atoms with Crippen molar-refractivity contribution in [2.45, 2.75) is 51.5 Å². The highest BCUT2D eigenvalue weighted by atomic mass is 16.2. The zero-order chi connectivity index (χ0) is 19.3. The lowest BCUT2D eigenvalue weighted by molar-refractivity contribution is -0.121. The molecule has 0 saturated heterocycles. The minimum atomic E-state index is 0.0390. The molecule has 0 atom stereocenters. The maximum absolute atomic E-state index is 12.9. The van der Waals surface area contributed by atoms with E-state index in [9.17, 15) is 9.59 Å². The molecule has 0 spiro atoms. The third-order valence-corrected chi connectivity index (χ3v) is 6.06. The molecule has 4 nitrogen and oxygen atoms in total. The van der Waals surface area contributed by atoms with Crippen molar-refractivity contribution < 1.29 is 9.59 Å². The molecule has 4 rings (SSSR count). The van der Waals surface area contributed by atoms with Crippen molar-refractivity contribution in [3.63, 3.8) is 0 Å². The van der Waals surface area contributed by atoms with Crippen molar-refractivity contribution >= 4 is 17.5 Å². The minimum Gasteiger partial charge on any atom is -0.352 e. The molecule has 0 bridgehead atoms. The number of carbonyl (C=O) groups excluding carboxylic acids is 2. The second-order valence-electron chi connectivity index (χ2n) is 8.00. The minimum absolute atomic E-state index is 0.0390. The van der Waals surface area contributed by atoms with Crippen LogP contribution in [-0.4, -0.2) is 18.4 Å². The number of anilines is 1. The van der Waals surface area contributed by atoms with E-state index in [2.05, 4.69) is 23.5 Å². The summed E-state index contributed by atoms with van der Waals surface area (Å²) in [6, 6.07) is 15.6. The Bertz CT molecular complexity index is 841. The van der Waals surface area contributed by atoms with Gasteiger partial charge in [0.15, 0.2) is 0 Å². The number of carbonyl (C=O) groups is 2. The van der Waals surface area contributed by atoms with Gasteiger partial charge >= 0.3 is 0 Å². The maximum Gasteiger partial charge on any atom is 0.258 e. The van der Waals surface area contributed by atoms with Gasteiger partial charge in [0.2, 0.25) is 5.91 Å². The Morgan fingerprint density at radius 1 is 1.04 bits per heavy atom. The number of hydrogen-bond donors (Lipinski definition) is 1. The van der Waals surface area contributed by atoms with Crippen molar-refractivity contribution in [2.24, 2.45) is 5.92 Å². The number of amides is 2. The fraction of sp³-hybridized carbons (Fsp3) is 0.417. The molecule has 0 unspecified atom stereocenters. The Hall–Kier alpha value is -2.62. The fourth-order valence-electron chi connectivity index (χ4n) is 4.41. The van der Waals surface area contributed by atoms with E-state index < -0.39 is 0 Å². The van der Waals surface area contributed by atoms with E-state index in [0.717, 1.165) is 30.0 Å². The van der Waals surface area contributed by atoms with Crippen LogP contribution >= 0.6 is 0 Å². The molecule has 1 saturated carbocycles. The second-order valence-corrected chi connectivity index (χ2v) is 8.00. The first-order valence-corrected chi connectivity index (χ1v) is 10.5. The summed E-state index contributed by atoms with van der Waals surface area (Å²) >= 11 is 0. The Kier molecular flexibility index (Phi) is 5.75. The summed E-state index contributed by atoms with van der Waals surface area (Å²) in [4.78, 5) is 26.9. The Labute approximate surface area is 166 Å². The van der Waals surface area contributed by atoms with Crippen LogP contribution in [0.4, 0.5) is 5.69 Å². The van der Waals surface area contributed by atoms with Gasteiger partial charge < -0.3 is 10.2 Å². The molecule has 1 N–H and O–H groups in total. The standard InChI is InChI=1S/C24H28N2O2/c27-23(13-11-18-6-4-5-7-18)25-17-19-10-12-20-14-15-26(22(20)16-19)24(28)21-8-2-1-3-9-21/h1-3,8-10,12,16,18H,4-7,11,13-15,17H2,(H,25,27). The normalized spacial score (nSPS) is 16.2. The molecule has 1 aliphatic carbocycles. The average Bonchev–Trinajstić information content (AvgIpc) is 3.40.